The first-order valence-electron chi connectivity index (χ1n) is 7.11. The van der Waals surface area contributed by atoms with Crippen LogP contribution in [0.4, 0.5) is 5.69 Å². The normalized spacial score (nSPS) is 10.4. The van der Waals surface area contributed by atoms with Crippen molar-refractivity contribution in [2.24, 2.45) is 0 Å². The quantitative estimate of drug-likeness (QED) is 0.911. The predicted octanol–water partition coefficient (Wildman–Crippen LogP) is 2.78. The highest BCUT2D eigenvalue weighted by Gasteiger charge is 2.13. The Balaban J connectivity index is 2.15. The van der Waals surface area contributed by atoms with E-state index >= 15 is 0 Å². The number of pyridine rings is 1. The fourth-order valence-corrected chi connectivity index (χ4v) is 1.94. The van der Waals surface area contributed by atoms with E-state index in [0.29, 0.717) is 5.69 Å². The molecule has 0 spiro atoms. The van der Waals surface area contributed by atoms with Gasteiger partial charge in [0.25, 0.3) is 11.8 Å². The molecule has 0 aliphatic carbocycles. The second-order valence-electron chi connectivity index (χ2n) is 5.36. The first-order chi connectivity index (χ1) is 10.5. The van der Waals surface area contributed by atoms with Gasteiger partial charge in [0.15, 0.2) is 0 Å². The molecular weight excluding hydrogens is 278 g/mol. The average Bonchev–Trinajstić information content (AvgIpc) is 2.46. The van der Waals surface area contributed by atoms with Crippen molar-refractivity contribution in [2.75, 3.05) is 5.32 Å². The van der Waals surface area contributed by atoms with Crippen LogP contribution in [0, 0.1) is 6.92 Å². The molecule has 0 atom stereocenters. The van der Waals surface area contributed by atoms with Crippen molar-refractivity contribution in [1.29, 1.82) is 0 Å². The zero-order valence-corrected chi connectivity index (χ0v) is 12.9. The lowest BCUT2D eigenvalue weighted by molar-refractivity contribution is 0.0938. The molecular formula is C17H19N3O2. The van der Waals surface area contributed by atoms with E-state index < -0.39 is 0 Å². The number of aromatic nitrogens is 1. The molecule has 2 N–H and O–H groups in total. The standard InChI is InChI=1S/C17H19N3O2/c1-11(2)18-16(21)14-8-5-9-15(20-14)17(22)19-13-7-4-6-12(3)10-13/h4-11H,1-3H3,(H,18,21)(H,19,22). The van der Waals surface area contributed by atoms with Crippen LogP contribution in [-0.4, -0.2) is 22.8 Å². The molecule has 2 amide bonds. The predicted molar refractivity (Wildman–Crippen MR) is 86.0 cm³/mol. The fourth-order valence-electron chi connectivity index (χ4n) is 1.94. The number of benzene rings is 1. The Hall–Kier alpha value is -2.69. The number of carbonyl (C=O) groups is 2. The Labute approximate surface area is 129 Å². The van der Waals surface area contributed by atoms with Crippen molar-refractivity contribution in [1.82, 2.24) is 10.3 Å². The smallest absolute Gasteiger partial charge is 0.274 e. The lowest BCUT2D eigenvalue weighted by atomic mass is 10.2. The van der Waals surface area contributed by atoms with E-state index in [1.165, 1.54) is 0 Å². The Bertz CT molecular complexity index is 696. The topological polar surface area (TPSA) is 71.1 Å². The van der Waals surface area contributed by atoms with Gasteiger partial charge in [0.2, 0.25) is 0 Å². The number of rotatable bonds is 4. The SMILES string of the molecule is Cc1cccc(NC(=O)c2cccc(C(=O)NC(C)C)n2)c1. The summed E-state index contributed by atoms with van der Waals surface area (Å²) in [4.78, 5) is 28.3. The summed E-state index contributed by atoms with van der Waals surface area (Å²) in [6.07, 6.45) is 0. The van der Waals surface area contributed by atoms with Gasteiger partial charge in [-0.05, 0) is 50.6 Å². The van der Waals surface area contributed by atoms with Crippen molar-refractivity contribution < 1.29 is 9.59 Å². The number of amides is 2. The Kier molecular flexibility index (Phi) is 4.88. The van der Waals surface area contributed by atoms with Gasteiger partial charge in [0.1, 0.15) is 11.4 Å². The van der Waals surface area contributed by atoms with Gasteiger partial charge >= 0.3 is 0 Å². The lowest BCUT2D eigenvalue weighted by Crippen LogP contribution is -2.31. The van der Waals surface area contributed by atoms with E-state index in [-0.39, 0.29) is 29.2 Å². The highest BCUT2D eigenvalue weighted by Crippen LogP contribution is 2.11. The van der Waals surface area contributed by atoms with Crippen LogP contribution in [0.15, 0.2) is 42.5 Å². The second kappa shape index (κ2) is 6.85. The van der Waals surface area contributed by atoms with Crippen LogP contribution in [0.25, 0.3) is 0 Å². The van der Waals surface area contributed by atoms with E-state index in [4.69, 9.17) is 0 Å². The summed E-state index contributed by atoms with van der Waals surface area (Å²) in [6, 6.07) is 12.3. The fraction of sp³-hybridized carbons (Fsp3) is 0.235. The summed E-state index contributed by atoms with van der Waals surface area (Å²) in [7, 11) is 0. The maximum atomic E-state index is 12.2. The van der Waals surface area contributed by atoms with Gasteiger partial charge in [-0.2, -0.15) is 0 Å². The maximum Gasteiger partial charge on any atom is 0.274 e. The molecule has 0 aliphatic heterocycles. The van der Waals surface area contributed by atoms with Gasteiger partial charge in [-0.25, -0.2) is 4.98 Å². The summed E-state index contributed by atoms with van der Waals surface area (Å²) in [6.45, 7) is 5.68. The summed E-state index contributed by atoms with van der Waals surface area (Å²) >= 11 is 0. The van der Waals surface area contributed by atoms with Crippen LogP contribution in [-0.2, 0) is 0 Å². The Morgan fingerprint density at radius 3 is 2.27 bits per heavy atom. The van der Waals surface area contributed by atoms with Crippen LogP contribution in [0.2, 0.25) is 0 Å². The van der Waals surface area contributed by atoms with Crippen molar-refractivity contribution in [3.63, 3.8) is 0 Å². The molecule has 5 heteroatoms. The highest BCUT2D eigenvalue weighted by atomic mass is 16.2. The minimum Gasteiger partial charge on any atom is -0.349 e. The molecule has 0 radical (unpaired) electrons. The molecule has 2 rings (SSSR count). The zero-order valence-electron chi connectivity index (χ0n) is 12.9. The lowest BCUT2D eigenvalue weighted by Gasteiger charge is -2.09. The number of nitrogens with zero attached hydrogens (tertiary/aromatic N) is 1. The van der Waals surface area contributed by atoms with Crippen molar-refractivity contribution in [2.45, 2.75) is 26.8 Å². The van der Waals surface area contributed by atoms with Crippen molar-refractivity contribution in [3.05, 3.63) is 59.4 Å². The number of carbonyl (C=O) groups excluding carboxylic acids is 2. The molecule has 5 nitrogen and oxygen atoms in total. The monoisotopic (exact) mass is 297 g/mol. The van der Waals surface area contributed by atoms with E-state index in [2.05, 4.69) is 15.6 Å². The van der Waals surface area contributed by atoms with Gasteiger partial charge in [-0.1, -0.05) is 18.2 Å². The third-order valence-corrected chi connectivity index (χ3v) is 2.91. The molecule has 22 heavy (non-hydrogen) atoms. The van der Waals surface area contributed by atoms with E-state index in [1.807, 2.05) is 39.0 Å². The maximum absolute atomic E-state index is 12.2. The average molecular weight is 297 g/mol. The van der Waals surface area contributed by atoms with Crippen molar-refractivity contribution >= 4 is 17.5 Å². The van der Waals surface area contributed by atoms with Gasteiger partial charge in [0, 0.05) is 11.7 Å². The molecule has 2 aromatic rings. The van der Waals surface area contributed by atoms with Crippen molar-refractivity contribution in [3.8, 4) is 0 Å². The number of nitrogens with one attached hydrogen (secondary N) is 2. The second-order valence-corrected chi connectivity index (χ2v) is 5.36. The molecule has 0 saturated heterocycles. The van der Waals surface area contributed by atoms with Crippen LogP contribution in [0.3, 0.4) is 0 Å². The van der Waals surface area contributed by atoms with Gasteiger partial charge in [-0.15, -0.1) is 0 Å². The van der Waals surface area contributed by atoms with Gasteiger partial charge < -0.3 is 10.6 Å². The third-order valence-electron chi connectivity index (χ3n) is 2.91. The van der Waals surface area contributed by atoms with E-state index in [1.54, 1.807) is 24.3 Å². The first kappa shape index (κ1) is 15.7. The number of hydrogen-bond acceptors (Lipinski definition) is 3. The molecule has 0 bridgehead atoms. The zero-order chi connectivity index (χ0) is 16.1. The van der Waals surface area contributed by atoms with E-state index in [9.17, 15) is 9.59 Å². The number of anilines is 1. The van der Waals surface area contributed by atoms with Gasteiger partial charge in [-0.3, -0.25) is 9.59 Å². The Morgan fingerprint density at radius 2 is 1.64 bits per heavy atom. The molecule has 0 saturated carbocycles. The molecule has 1 aromatic heterocycles. The van der Waals surface area contributed by atoms with Crippen LogP contribution in [0.1, 0.15) is 40.4 Å². The summed E-state index contributed by atoms with van der Waals surface area (Å²) in [5.41, 5.74) is 2.18. The largest absolute Gasteiger partial charge is 0.349 e. The molecule has 0 aliphatic rings. The Morgan fingerprint density at radius 1 is 1.00 bits per heavy atom. The van der Waals surface area contributed by atoms with Crippen LogP contribution >= 0.6 is 0 Å². The molecule has 114 valence electrons. The summed E-state index contributed by atoms with van der Waals surface area (Å²) in [5, 5.41) is 5.52. The highest BCUT2D eigenvalue weighted by molar-refractivity contribution is 6.03. The molecule has 1 heterocycles. The molecule has 0 fully saturated rings. The number of aryl methyl sites for hydroxylation is 1. The minimum atomic E-state index is -0.343. The summed E-state index contributed by atoms with van der Waals surface area (Å²) < 4.78 is 0. The number of hydrogen-bond donors (Lipinski definition) is 2. The molecule has 0 unspecified atom stereocenters. The van der Waals surface area contributed by atoms with Crippen LogP contribution < -0.4 is 10.6 Å². The first-order valence-corrected chi connectivity index (χ1v) is 7.11. The van der Waals surface area contributed by atoms with E-state index in [0.717, 1.165) is 5.56 Å². The molecule has 1 aromatic carbocycles. The third kappa shape index (κ3) is 4.15. The van der Waals surface area contributed by atoms with Crippen LogP contribution in [0.5, 0.6) is 0 Å². The summed E-state index contributed by atoms with van der Waals surface area (Å²) in [5.74, 6) is -0.634. The minimum absolute atomic E-state index is 0.0130. The van der Waals surface area contributed by atoms with Gasteiger partial charge in [0.05, 0.1) is 0 Å².